The smallest absolute Gasteiger partial charge is 0.205 e. The topological polar surface area (TPSA) is 0 Å². The zero-order valence-corrected chi connectivity index (χ0v) is 10.1. The molecule has 0 aromatic rings. The van der Waals surface area contributed by atoms with Gasteiger partial charge in [0.1, 0.15) is 0 Å². The van der Waals surface area contributed by atoms with Gasteiger partial charge in [-0.2, -0.15) is 48.3 Å². The molecule has 0 spiro atoms. The van der Waals surface area contributed by atoms with E-state index in [1.54, 1.807) is 0 Å². The lowest BCUT2D eigenvalue weighted by Gasteiger charge is -2.45. The van der Waals surface area contributed by atoms with Crippen molar-refractivity contribution < 1.29 is 57.1 Å². The molecule has 0 nitrogen and oxygen atoms in total. The van der Waals surface area contributed by atoms with Crippen molar-refractivity contribution in [1.82, 2.24) is 0 Å². The molecule has 0 N–H and O–H groups in total. The molecular formula is C9H5F13. The second kappa shape index (κ2) is 5.48. The van der Waals surface area contributed by atoms with E-state index in [-0.39, 0.29) is 6.92 Å². The van der Waals surface area contributed by atoms with Crippen LogP contribution in [0.1, 0.15) is 13.3 Å². The van der Waals surface area contributed by atoms with Crippen LogP contribution in [0.15, 0.2) is 11.9 Å². The molecule has 0 unspecified atom stereocenters. The first-order valence-electron chi connectivity index (χ1n) is 5.02. The van der Waals surface area contributed by atoms with E-state index in [4.69, 9.17) is 0 Å². The highest BCUT2D eigenvalue weighted by Crippen LogP contribution is 2.68. The quantitative estimate of drug-likeness (QED) is 0.552. The van der Waals surface area contributed by atoms with Crippen LogP contribution in [-0.4, -0.2) is 24.2 Å². The van der Waals surface area contributed by atoms with Crippen molar-refractivity contribution in [3.63, 3.8) is 0 Å². The molecule has 0 rings (SSSR count). The summed E-state index contributed by atoms with van der Waals surface area (Å²) in [7, 11) is 0. The van der Waals surface area contributed by atoms with Gasteiger partial charge in [-0.1, -0.05) is 6.92 Å². The van der Waals surface area contributed by atoms with Gasteiger partial charge in [-0.15, -0.1) is 0 Å². The lowest BCUT2D eigenvalue weighted by atomic mass is 9.71. The monoisotopic (exact) mass is 360 g/mol. The number of rotatable bonds is 4. The molecule has 0 saturated heterocycles. The fraction of sp³-hybridized carbons (Fsp3) is 0.778. The van der Waals surface area contributed by atoms with Gasteiger partial charge in [0, 0.05) is 6.42 Å². The van der Waals surface area contributed by atoms with E-state index in [0.29, 0.717) is 0 Å². The van der Waals surface area contributed by atoms with Crippen molar-refractivity contribution in [1.29, 1.82) is 0 Å². The first-order valence-corrected chi connectivity index (χ1v) is 5.02. The van der Waals surface area contributed by atoms with Crippen LogP contribution in [0.4, 0.5) is 57.1 Å². The summed E-state index contributed by atoms with van der Waals surface area (Å²) in [5.41, 5.74) is -7.36. The van der Waals surface area contributed by atoms with Crippen molar-refractivity contribution in [3.8, 4) is 0 Å². The van der Waals surface area contributed by atoms with Gasteiger partial charge in [0.25, 0.3) is 11.3 Å². The molecule has 13 heteroatoms. The Morgan fingerprint density at radius 2 is 1.00 bits per heavy atom. The second-order valence-electron chi connectivity index (χ2n) is 3.95. The second-order valence-corrected chi connectivity index (χ2v) is 3.95. The Morgan fingerprint density at radius 3 is 1.18 bits per heavy atom. The zero-order chi connectivity index (χ0) is 18.4. The standard InChI is InChI=1S/C9H5F13/c1-2-5(13,14)7(8(17,18)19,9(20,21)22)6(15,16)3(10)4(11)12/h2H2,1H3. The van der Waals surface area contributed by atoms with Crippen molar-refractivity contribution >= 4 is 0 Å². The fourth-order valence-corrected chi connectivity index (χ4v) is 1.71. The molecule has 22 heavy (non-hydrogen) atoms. The molecule has 0 radical (unpaired) electrons. The summed E-state index contributed by atoms with van der Waals surface area (Å²) in [6.45, 7) is -0.0320. The molecule has 0 aliphatic carbocycles. The molecule has 0 aliphatic heterocycles. The van der Waals surface area contributed by atoms with Crippen LogP contribution >= 0.6 is 0 Å². The van der Waals surface area contributed by atoms with Gasteiger partial charge < -0.3 is 0 Å². The van der Waals surface area contributed by atoms with E-state index in [1.165, 1.54) is 0 Å². The summed E-state index contributed by atoms with van der Waals surface area (Å²) < 4.78 is 164. The highest BCUT2D eigenvalue weighted by molar-refractivity contribution is 5.21. The Morgan fingerprint density at radius 1 is 0.682 bits per heavy atom. The van der Waals surface area contributed by atoms with Crippen molar-refractivity contribution in [2.45, 2.75) is 37.5 Å². The minimum Gasteiger partial charge on any atom is -0.205 e. The number of hydrogen-bond acceptors (Lipinski definition) is 0. The number of alkyl halides is 10. The predicted molar refractivity (Wildman–Crippen MR) is 45.1 cm³/mol. The molecular weight excluding hydrogens is 355 g/mol. The van der Waals surface area contributed by atoms with Crippen molar-refractivity contribution in [3.05, 3.63) is 11.9 Å². The minimum absolute atomic E-state index is 0.0320. The van der Waals surface area contributed by atoms with Gasteiger partial charge >= 0.3 is 24.4 Å². The summed E-state index contributed by atoms with van der Waals surface area (Å²) in [5.74, 6) is -18.2. The molecule has 0 saturated carbocycles. The van der Waals surface area contributed by atoms with Crippen LogP contribution in [0.5, 0.6) is 0 Å². The Kier molecular flexibility index (Phi) is 5.19. The Balaban J connectivity index is 7.09. The lowest BCUT2D eigenvalue weighted by Crippen LogP contribution is -2.70. The maximum absolute atomic E-state index is 13.2. The van der Waals surface area contributed by atoms with Gasteiger partial charge in [-0.05, 0) is 0 Å². The van der Waals surface area contributed by atoms with Crippen LogP contribution in [0.3, 0.4) is 0 Å². The third-order valence-corrected chi connectivity index (χ3v) is 2.76. The summed E-state index contributed by atoms with van der Waals surface area (Å²) in [4.78, 5) is 0. The normalized spacial score (nSPS) is 15.0. The number of hydrogen-bond donors (Lipinski definition) is 0. The van der Waals surface area contributed by atoms with Crippen molar-refractivity contribution in [2.24, 2.45) is 5.41 Å². The van der Waals surface area contributed by atoms with E-state index in [2.05, 4.69) is 0 Å². The van der Waals surface area contributed by atoms with Gasteiger partial charge in [0.15, 0.2) is 0 Å². The molecule has 0 bridgehead atoms. The van der Waals surface area contributed by atoms with Gasteiger partial charge in [0.2, 0.25) is 5.83 Å². The average Bonchev–Trinajstić information content (AvgIpc) is 2.23. The Hall–Kier alpha value is -1.17. The maximum atomic E-state index is 13.2. The van der Waals surface area contributed by atoms with E-state index in [1.807, 2.05) is 0 Å². The summed E-state index contributed by atoms with van der Waals surface area (Å²) in [6, 6.07) is 0. The van der Waals surface area contributed by atoms with Gasteiger partial charge in [-0.3, -0.25) is 0 Å². The highest BCUT2D eigenvalue weighted by atomic mass is 19.4. The molecule has 0 aromatic carbocycles. The maximum Gasteiger partial charge on any atom is 0.415 e. The minimum atomic E-state index is -7.50. The van der Waals surface area contributed by atoms with Crippen LogP contribution in [0.2, 0.25) is 0 Å². The first kappa shape index (κ1) is 20.8. The van der Waals surface area contributed by atoms with Crippen molar-refractivity contribution in [2.75, 3.05) is 0 Å². The third-order valence-electron chi connectivity index (χ3n) is 2.76. The summed E-state index contributed by atoms with van der Waals surface area (Å²) in [5, 5.41) is 0. The van der Waals surface area contributed by atoms with Gasteiger partial charge in [0.05, 0.1) is 0 Å². The van der Waals surface area contributed by atoms with Crippen LogP contribution in [0.25, 0.3) is 0 Å². The molecule has 0 aliphatic rings. The van der Waals surface area contributed by atoms with E-state index >= 15 is 0 Å². The van der Waals surface area contributed by atoms with E-state index < -0.39 is 47.9 Å². The van der Waals surface area contributed by atoms with Crippen LogP contribution in [0, 0.1) is 5.41 Å². The summed E-state index contributed by atoms with van der Waals surface area (Å²) >= 11 is 0. The Bertz CT molecular complexity index is 419. The third kappa shape index (κ3) is 2.62. The molecule has 132 valence electrons. The molecule has 0 heterocycles. The average molecular weight is 360 g/mol. The van der Waals surface area contributed by atoms with Crippen LogP contribution in [-0.2, 0) is 0 Å². The molecule has 0 amide bonds. The number of allylic oxidation sites excluding steroid dienone is 1. The van der Waals surface area contributed by atoms with E-state index in [9.17, 15) is 57.1 Å². The Labute approximate surface area is 113 Å². The van der Waals surface area contributed by atoms with E-state index in [0.717, 1.165) is 0 Å². The largest absolute Gasteiger partial charge is 0.415 e. The lowest BCUT2D eigenvalue weighted by molar-refractivity contribution is -0.447. The molecule has 0 aromatic heterocycles. The summed E-state index contributed by atoms with van der Waals surface area (Å²) in [6.07, 6.45) is -21.7. The fourth-order valence-electron chi connectivity index (χ4n) is 1.71. The zero-order valence-electron chi connectivity index (χ0n) is 10.1. The van der Waals surface area contributed by atoms with Crippen LogP contribution < -0.4 is 0 Å². The first-order chi connectivity index (χ1) is 9.41. The van der Waals surface area contributed by atoms with Gasteiger partial charge in [-0.25, -0.2) is 8.78 Å². The SMILES string of the molecule is CCC(F)(F)C(C(F)(F)F)(C(F)(F)F)C(F)(F)C(F)=C(F)F. The predicted octanol–water partition coefficient (Wildman–Crippen LogP) is 5.86. The molecule has 0 fully saturated rings. The molecule has 0 atom stereocenters. The highest BCUT2D eigenvalue weighted by Gasteiger charge is 2.92. The number of halogens is 13.